The quantitative estimate of drug-likeness (QED) is 0.153. The molecule has 4 heteroatoms. The fourth-order valence-corrected chi connectivity index (χ4v) is 9.17. The lowest BCUT2D eigenvalue weighted by Crippen LogP contribution is -2.00. The Hall–Kier alpha value is -8.73. The Kier molecular flexibility index (Phi) is 9.46. The Morgan fingerprint density at radius 3 is 1.48 bits per heavy atom. The molecule has 12 rings (SSSR count). The van der Waals surface area contributed by atoms with Gasteiger partial charge in [-0.3, -0.25) is 0 Å². The number of benzene rings is 10. The average Bonchev–Trinajstić information content (AvgIpc) is 3.79. The summed E-state index contributed by atoms with van der Waals surface area (Å²) in [6.45, 7) is 0. The molecule has 0 aliphatic rings. The van der Waals surface area contributed by atoms with Crippen LogP contribution < -0.4 is 0 Å². The van der Waals surface area contributed by atoms with Crippen LogP contribution in [0.2, 0.25) is 0 Å². The van der Waals surface area contributed by atoms with E-state index >= 15 is 0 Å². The molecule has 4 nitrogen and oxygen atoms in total. The van der Waals surface area contributed by atoms with Crippen LogP contribution in [-0.2, 0) is 0 Å². The molecule has 0 spiro atoms. The summed E-state index contributed by atoms with van der Waals surface area (Å²) in [6, 6.07) is 82.9. The fourth-order valence-electron chi connectivity index (χ4n) is 9.17. The first-order chi connectivity index (χ1) is 32.2. The monoisotopic (exact) mass is 829 g/mol. The van der Waals surface area contributed by atoms with Crippen LogP contribution in [0.1, 0.15) is 0 Å². The van der Waals surface area contributed by atoms with Crippen molar-refractivity contribution in [3.05, 3.63) is 237 Å². The summed E-state index contributed by atoms with van der Waals surface area (Å²) in [4.78, 5) is 15.8. The van der Waals surface area contributed by atoms with Crippen molar-refractivity contribution in [1.29, 1.82) is 0 Å². The van der Waals surface area contributed by atoms with Crippen LogP contribution in [0.3, 0.4) is 0 Å². The van der Waals surface area contributed by atoms with E-state index < -0.39 is 0 Å². The van der Waals surface area contributed by atoms with Crippen molar-refractivity contribution in [2.75, 3.05) is 0 Å². The van der Waals surface area contributed by atoms with Crippen LogP contribution in [0, 0.1) is 0 Å². The number of para-hydroxylation sites is 1. The third kappa shape index (κ3) is 7.04. The zero-order valence-electron chi connectivity index (χ0n) is 35.3. The zero-order chi connectivity index (χ0) is 43.1. The normalized spacial score (nSPS) is 11.4. The van der Waals surface area contributed by atoms with Crippen molar-refractivity contribution in [3.8, 4) is 89.8 Å². The van der Waals surface area contributed by atoms with Gasteiger partial charge in [-0.1, -0.05) is 218 Å². The highest BCUT2D eigenvalue weighted by molar-refractivity contribution is 6.15. The predicted molar refractivity (Wildman–Crippen MR) is 268 cm³/mol. The van der Waals surface area contributed by atoms with Gasteiger partial charge in [0.1, 0.15) is 11.2 Å². The number of furan rings is 1. The molecule has 0 bridgehead atoms. The first-order valence-electron chi connectivity index (χ1n) is 21.9. The topological polar surface area (TPSA) is 51.8 Å². The smallest absolute Gasteiger partial charge is 0.164 e. The molecule has 0 atom stereocenters. The van der Waals surface area contributed by atoms with Gasteiger partial charge in [-0.05, 0) is 79.0 Å². The highest BCUT2D eigenvalue weighted by Gasteiger charge is 2.21. The summed E-state index contributed by atoms with van der Waals surface area (Å²) in [5, 5.41) is 4.23. The predicted octanol–water partition coefficient (Wildman–Crippen LogP) is 16.3. The van der Waals surface area contributed by atoms with Crippen molar-refractivity contribution in [1.82, 2.24) is 15.0 Å². The van der Waals surface area contributed by atoms with Crippen LogP contribution in [0.5, 0.6) is 0 Å². The molecular formula is C61H39N3O. The Morgan fingerprint density at radius 2 is 0.769 bits per heavy atom. The number of aromatic nitrogens is 3. The van der Waals surface area contributed by atoms with Crippen molar-refractivity contribution in [2.24, 2.45) is 0 Å². The summed E-state index contributed by atoms with van der Waals surface area (Å²) >= 11 is 0. The van der Waals surface area contributed by atoms with Gasteiger partial charge in [-0.2, -0.15) is 0 Å². The molecule has 0 aliphatic heterocycles. The third-order valence-corrected chi connectivity index (χ3v) is 12.4. The maximum Gasteiger partial charge on any atom is 0.164 e. The van der Waals surface area contributed by atoms with Gasteiger partial charge in [-0.25, -0.2) is 15.0 Å². The highest BCUT2D eigenvalue weighted by atomic mass is 16.3. The molecule has 0 N–H and O–H groups in total. The van der Waals surface area contributed by atoms with E-state index in [1.54, 1.807) is 0 Å². The van der Waals surface area contributed by atoms with Gasteiger partial charge in [0.2, 0.25) is 0 Å². The van der Waals surface area contributed by atoms with Gasteiger partial charge < -0.3 is 4.42 Å². The van der Waals surface area contributed by atoms with Gasteiger partial charge in [0.25, 0.3) is 0 Å². The number of nitrogens with zero attached hydrogens (tertiary/aromatic N) is 3. The van der Waals surface area contributed by atoms with E-state index in [0.29, 0.717) is 17.5 Å². The van der Waals surface area contributed by atoms with E-state index in [1.165, 1.54) is 5.56 Å². The first kappa shape index (κ1) is 38.0. The Labute approximate surface area is 376 Å². The standard InChI is InChI=1S/C61H39N3O/c1-5-16-40(17-6-1)42-30-33-46(34-31-42)59-62-60(48-35-32-45-24-13-25-49(54(45)39-48)43-20-9-3-10-21-43)64-61(63-59)53-28-15-29-56-57(53)52-27-14-26-51(58(52)65-56)50-37-36-47(41-18-7-2-8-19-41)38-55(50)44-22-11-4-12-23-44/h1-39H. The van der Waals surface area contributed by atoms with Crippen molar-refractivity contribution in [2.45, 2.75) is 0 Å². The minimum atomic E-state index is 0.574. The number of hydrogen-bond donors (Lipinski definition) is 0. The first-order valence-corrected chi connectivity index (χ1v) is 21.9. The molecule has 0 unspecified atom stereocenters. The highest BCUT2D eigenvalue weighted by Crippen LogP contribution is 2.44. The molecule has 12 aromatic rings. The lowest BCUT2D eigenvalue weighted by molar-refractivity contribution is 0.670. The second-order valence-corrected chi connectivity index (χ2v) is 16.3. The molecular weight excluding hydrogens is 791 g/mol. The molecule has 0 amide bonds. The van der Waals surface area contributed by atoms with Crippen LogP contribution in [0.4, 0.5) is 0 Å². The molecule has 2 heterocycles. The molecule has 0 fully saturated rings. The van der Waals surface area contributed by atoms with Crippen molar-refractivity contribution >= 4 is 32.7 Å². The largest absolute Gasteiger partial charge is 0.455 e. The van der Waals surface area contributed by atoms with E-state index in [0.717, 1.165) is 99.5 Å². The van der Waals surface area contributed by atoms with Crippen LogP contribution in [0.15, 0.2) is 241 Å². The molecule has 65 heavy (non-hydrogen) atoms. The van der Waals surface area contributed by atoms with Gasteiger partial charge >= 0.3 is 0 Å². The molecule has 304 valence electrons. The average molecular weight is 830 g/mol. The summed E-state index contributed by atoms with van der Waals surface area (Å²) in [7, 11) is 0. The van der Waals surface area contributed by atoms with E-state index in [2.05, 4.69) is 218 Å². The molecule has 0 saturated carbocycles. The summed E-state index contributed by atoms with van der Waals surface area (Å²) in [5.74, 6) is 1.76. The van der Waals surface area contributed by atoms with E-state index in [-0.39, 0.29) is 0 Å². The van der Waals surface area contributed by atoms with E-state index in [4.69, 9.17) is 19.4 Å². The van der Waals surface area contributed by atoms with Gasteiger partial charge in [0.05, 0.1) is 0 Å². The van der Waals surface area contributed by atoms with Crippen LogP contribution in [0.25, 0.3) is 123 Å². The van der Waals surface area contributed by atoms with Gasteiger partial charge in [0, 0.05) is 33.0 Å². The Bertz CT molecular complexity index is 3680. The summed E-state index contributed by atoms with van der Waals surface area (Å²) in [5.41, 5.74) is 15.6. The SMILES string of the molecule is c1ccc(-c2ccc(-c3nc(-c4ccc5cccc(-c6ccccc6)c5c4)nc(-c4cccc5oc6c(-c7ccc(-c8ccccc8)cc7-c7ccccc7)cccc6c45)n3)cc2)cc1. The summed E-state index contributed by atoms with van der Waals surface area (Å²) < 4.78 is 6.92. The van der Waals surface area contributed by atoms with E-state index in [1.807, 2.05) is 18.2 Å². The summed E-state index contributed by atoms with van der Waals surface area (Å²) in [6.07, 6.45) is 0. The van der Waals surface area contributed by atoms with Gasteiger partial charge in [-0.15, -0.1) is 0 Å². The Balaban J connectivity index is 1.05. The maximum absolute atomic E-state index is 6.92. The van der Waals surface area contributed by atoms with E-state index in [9.17, 15) is 0 Å². The number of rotatable bonds is 8. The second-order valence-electron chi connectivity index (χ2n) is 16.3. The van der Waals surface area contributed by atoms with Crippen molar-refractivity contribution in [3.63, 3.8) is 0 Å². The molecule has 0 saturated heterocycles. The fraction of sp³-hybridized carbons (Fsp3) is 0. The maximum atomic E-state index is 6.92. The molecule has 10 aromatic carbocycles. The Morgan fingerprint density at radius 1 is 0.262 bits per heavy atom. The van der Waals surface area contributed by atoms with Crippen LogP contribution >= 0.6 is 0 Å². The zero-order valence-corrected chi connectivity index (χ0v) is 35.3. The van der Waals surface area contributed by atoms with Gasteiger partial charge in [0.15, 0.2) is 17.5 Å². The number of hydrogen-bond acceptors (Lipinski definition) is 4. The lowest BCUT2D eigenvalue weighted by atomic mass is 9.90. The minimum Gasteiger partial charge on any atom is -0.455 e. The molecule has 2 aromatic heterocycles. The third-order valence-electron chi connectivity index (χ3n) is 12.4. The molecule has 0 radical (unpaired) electrons. The lowest BCUT2D eigenvalue weighted by Gasteiger charge is -2.14. The second kappa shape index (κ2) is 16.2. The van der Waals surface area contributed by atoms with Crippen LogP contribution in [-0.4, -0.2) is 15.0 Å². The van der Waals surface area contributed by atoms with Crippen molar-refractivity contribution < 1.29 is 4.42 Å². The number of fused-ring (bicyclic) bond motifs is 4. The minimum absolute atomic E-state index is 0.574. The molecule has 0 aliphatic carbocycles.